The predicted molar refractivity (Wildman–Crippen MR) is 154 cm³/mol. The summed E-state index contributed by atoms with van der Waals surface area (Å²) in [5, 5.41) is 11.4. The summed E-state index contributed by atoms with van der Waals surface area (Å²) in [6.07, 6.45) is 1.71. The van der Waals surface area contributed by atoms with Crippen molar-refractivity contribution < 1.29 is 28.6 Å². The lowest BCUT2D eigenvalue weighted by Crippen LogP contribution is -2.46. The van der Waals surface area contributed by atoms with Crippen LogP contribution in [0.1, 0.15) is 40.4 Å². The molecule has 11 nitrogen and oxygen atoms in total. The minimum absolute atomic E-state index is 0.0800. The van der Waals surface area contributed by atoms with E-state index in [1.807, 2.05) is 36.4 Å². The van der Waals surface area contributed by atoms with Gasteiger partial charge in [0.25, 0.3) is 0 Å². The number of methoxy groups -OCH3 is 2. The lowest BCUT2D eigenvalue weighted by molar-refractivity contribution is -0.142. The van der Waals surface area contributed by atoms with E-state index in [1.165, 1.54) is 16.7 Å². The van der Waals surface area contributed by atoms with Crippen LogP contribution < -0.4 is 10.1 Å². The van der Waals surface area contributed by atoms with Gasteiger partial charge in [0.2, 0.25) is 11.8 Å². The number of esters is 1. The van der Waals surface area contributed by atoms with Crippen molar-refractivity contribution in [3.63, 3.8) is 0 Å². The zero-order chi connectivity index (χ0) is 29.5. The molecule has 2 atom stereocenters. The number of fused-ring (bicyclic) bond motifs is 1. The zero-order valence-electron chi connectivity index (χ0n) is 23.6. The third-order valence-corrected chi connectivity index (χ3v) is 7.27. The number of carbonyl (C=O) groups is 3. The smallest absolute Gasteiger partial charge is 0.337 e. The summed E-state index contributed by atoms with van der Waals surface area (Å²) in [6.45, 7) is 0.986. The molecular formula is C31H33N5O6. The minimum atomic E-state index is -1.01. The standard InChI is InChI=1S/C31H33N5O6/c1-40-24-15-9-21(10-16-24)19-35(28(37)20-36-27-8-4-3-7-26(27)33-34-36)29(30(38)32-18-25-6-5-17-42-25)22-11-13-23(14-12-22)31(39)41-2/h3-4,7-16,25,29H,5-6,17-20H2,1-2H3,(H,32,38)/t25-,29-/m1/s1. The Hall–Kier alpha value is -4.77. The number of rotatable bonds is 11. The Bertz CT molecular complexity index is 1530. The molecule has 5 rings (SSSR count). The molecule has 0 spiro atoms. The van der Waals surface area contributed by atoms with Gasteiger partial charge >= 0.3 is 5.97 Å². The molecule has 1 aliphatic rings. The molecular weight excluding hydrogens is 538 g/mol. The first-order chi connectivity index (χ1) is 20.5. The number of amides is 2. The first-order valence-corrected chi connectivity index (χ1v) is 13.7. The molecule has 218 valence electrons. The molecule has 0 aliphatic carbocycles. The van der Waals surface area contributed by atoms with Crippen LogP contribution in [0.3, 0.4) is 0 Å². The number of nitrogens with one attached hydrogen (secondary N) is 1. The normalized spacial score (nSPS) is 15.2. The first kappa shape index (κ1) is 28.7. The Kier molecular flexibility index (Phi) is 9.08. The van der Waals surface area contributed by atoms with E-state index >= 15 is 0 Å². The number of ether oxygens (including phenoxy) is 3. The zero-order valence-corrected chi connectivity index (χ0v) is 23.6. The molecule has 1 saturated heterocycles. The van der Waals surface area contributed by atoms with Crippen molar-refractivity contribution in [1.29, 1.82) is 0 Å². The number of hydrogen-bond donors (Lipinski definition) is 1. The van der Waals surface area contributed by atoms with Crippen molar-refractivity contribution in [2.24, 2.45) is 0 Å². The van der Waals surface area contributed by atoms with Crippen molar-refractivity contribution in [2.45, 2.75) is 38.1 Å². The monoisotopic (exact) mass is 571 g/mol. The van der Waals surface area contributed by atoms with Crippen molar-refractivity contribution in [2.75, 3.05) is 27.4 Å². The molecule has 0 radical (unpaired) electrons. The second-order valence-electron chi connectivity index (χ2n) is 10.0. The molecule has 0 saturated carbocycles. The van der Waals surface area contributed by atoms with E-state index in [0.717, 1.165) is 18.4 Å². The Balaban J connectivity index is 1.51. The number of nitrogens with zero attached hydrogens (tertiary/aromatic N) is 4. The number of para-hydroxylation sites is 1. The average molecular weight is 572 g/mol. The van der Waals surface area contributed by atoms with Gasteiger partial charge in [-0.2, -0.15) is 0 Å². The highest BCUT2D eigenvalue weighted by Gasteiger charge is 2.33. The van der Waals surface area contributed by atoms with Crippen molar-refractivity contribution in [3.8, 4) is 5.75 Å². The van der Waals surface area contributed by atoms with E-state index in [9.17, 15) is 14.4 Å². The Morgan fingerprint density at radius 1 is 1.05 bits per heavy atom. The number of carbonyl (C=O) groups excluding carboxylic acids is 3. The molecule has 1 fully saturated rings. The molecule has 42 heavy (non-hydrogen) atoms. The van der Waals surface area contributed by atoms with Gasteiger partial charge in [-0.3, -0.25) is 9.59 Å². The molecule has 2 heterocycles. The Morgan fingerprint density at radius 3 is 2.50 bits per heavy atom. The Labute approximate surface area is 243 Å². The first-order valence-electron chi connectivity index (χ1n) is 13.7. The topological polar surface area (TPSA) is 125 Å². The van der Waals surface area contributed by atoms with E-state index in [1.54, 1.807) is 43.5 Å². The second kappa shape index (κ2) is 13.3. The van der Waals surface area contributed by atoms with Gasteiger partial charge in [0, 0.05) is 19.7 Å². The highest BCUT2D eigenvalue weighted by atomic mass is 16.5. The molecule has 11 heteroatoms. The van der Waals surface area contributed by atoms with Crippen LogP contribution in [0.4, 0.5) is 0 Å². The molecule has 0 bridgehead atoms. The van der Waals surface area contributed by atoms with Gasteiger partial charge in [0.05, 0.1) is 31.4 Å². The molecule has 0 unspecified atom stereocenters. The fraction of sp³-hybridized carbons (Fsp3) is 0.323. The fourth-order valence-corrected chi connectivity index (χ4v) is 5.01. The van der Waals surface area contributed by atoms with Crippen LogP contribution >= 0.6 is 0 Å². The third-order valence-electron chi connectivity index (χ3n) is 7.27. The summed E-state index contributed by atoms with van der Waals surface area (Å²) in [5.74, 6) is -0.516. The van der Waals surface area contributed by atoms with E-state index in [0.29, 0.717) is 41.1 Å². The van der Waals surface area contributed by atoms with Gasteiger partial charge in [0.15, 0.2) is 0 Å². The third kappa shape index (κ3) is 6.58. The largest absolute Gasteiger partial charge is 0.497 e. The Morgan fingerprint density at radius 2 is 1.81 bits per heavy atom. The predicted octanol–water partition coefficient (Wildman–Crippen LogP) is 3.29. The lowest BCUT2D eigenvalue weighted by Gasteiger charge is -2.32. The highest BCUT2D eigenvalue weighted by Crippen LogP contribution is 2.26. The van der Waals surface area contributed by atoms with Crippen LogP contribution in [0.15, 0.2) is 72.8 Å². The molecule has 1 aromatic heterocycles. The van der Waals surface area contributed by atoms with E-state index < -0.39 is 12.0 Å². The van der Waals surface area contributed by atoms with E-state index in [2.05, 4.69) is 15.6 Å². The SMILES string of the molecule is COC(=O)c1ccc([C@H](C(=O)NC[C@H]2CCCO2)N(Cc2ccc(OC)cc2)C(=O)Cn2nnc3ccccc32)cc1. The second-order valence-corrected chi connectivity index (χ2v) is 10.0. The van der Waals surface area contributed by atoms with E-state index in [-0.39, 0.29) is 31.0 Å². The summed E-state index contributed by atoms with van der Waals surface area (Å²) in [7, 11) is 2.89. The summed E-state index contributed by atoms with van der Waals surface area (Å²) in [6, 6.07) is 20.2. The average Bonchev–Trinajstić information content (AvgIpc) is 3.70. The molecule has 1 aliphatic heterocycles. The van der Waals surface area contributed by atoms with Crippen LogP contribution in [0.2, 0.25) is 0 Å². The summed E-state index contributed by atoms with van der Waals surface area (Å²) in [4.78, 5) is 41.7. The molecule has 1 N–H and O–H groups in total. The van der Waals surface area contributed by atoms with Crippen molar-refractivity contribution >= 4 is 28.8 Å². The van der Waals surface area contributed by atoms with Crippen LogP contribution in [0, 0.1) is 0 Å². The van der Waals surface area contributed by atoms with Crippen LogP contribution in [0.25, 0.3) is 11.0 Å². The summed E-state index contributed by atoms with van der Waals surface area (Å²) >= 11 is 0. The van der Waals surface area contributed by atoms with Gasteiger partial charge in [-0.05, 0) is 60.4 Å². The highest BCUT2D eigenvalue weighted by molar-refractivity contribution is 5.91. The van der Waals surface area contributed by atoms with Crippen LogP contribution in [0.5, 0.6) is 5.75 Å². The summed E-state index contributed by atoms with van der Waals surface area (Å²) < 4.78 is 17.4. The van der Waals surface area contributed by atoms with Crippen molar-refractivity contribution in [3.05, 3.63) is 89.5 Å². The maximum Gasteiger partial charge on any atom is 0.337 e. The van der Waals surface area contributed by atoms with Crippen molar-refractivity contribution in [1.82, 2.24) is 25.2 Å². The maximum atomic E-state index is 14.1. The molecule has 4 aromatic rings. The molecule has 2 amide bonds. The van der Waals surface area contributed by atoms with Crippen LogP contribution in [-0.2, 0) is 32.2 Å². The lowest BCUT2D eigenvalue weighted by atomic mass is 10.0. The summed E-state index contributed by atoms with van der Waals surface area (Å²) in [5.41, 5.74) is 3.05. The maximum absolute atomic E-state index is 14.1. The van der Waals surface area contributed by atoms with Gasteiger partial charge in [0.1, 0.15) is 23.9 Å². The number of hydrogen-bond acceptors (Lipinski definition) is 8. The fourth-order valence-electron chi connectivity index (χ4n) is 5.01. The minimum Gasteiger partial charge on any atom is -0.497 e. The van der Waals surface area contributed by atoms with Gasteiger partial charge in [-0.15, -0.1) is 5.10 Å². The van der Waals surface area contributed by atoms with Gasteiger partial charge in [-0.25, -0.2) is 9.48 Å². The quantitative estimate of drug-likeness (QED) is 0.272. The molecule has 3 aromatic carbocycles. The number of aromatic nitrogens is 3. The number of benzene rings is 3. The van der Waals surface area contributed by atoms with Gasteiger partial charge < -0.3 is 24.4 Å². The van der Waals surface area contributed by atoms with Crippen LogP contribution in [-0.4, -0.2) is 71.2 Å². The van der Waals surface area contributed by atoms with Gasteiger partial charge in [-0.1, -0.05) is 41.6 Å². The van der Waals surface area contributed by atoms with E-state index in [4.69, 9.17) is 14.2 Å².